The second kappa shape index (κ2) is 7.09. The number of rotatable bonds is 8. The van der Waals surface area contributed by atoms with E-state index in [-0.39, 0.29) is 20.0 Å². The third-order valence-electron chi connectivity index (χ3n) is 3.10. The summed E-state index contributed by atoms with van der Waals surface area (Å²) in [5, 5.41) is 11.0. The summed E-state index contributed by atoms with van der Waals surface area (Å²) < 4.78 is 33.9. The maximum atomic E-state index is 12.9. The summed E-state index contributed by atoms with van der Waals surface area (Å²) in [5.74, 6) is 1.01. The Labute approximate surface area is 128 Å². The largest absolute Gasteiger partial charge is 0.454 e. The summed E-state index contributed by atoms with van der Waals surface area (Å²) in [6, 6.07) is 4.83. The van der Waals surface area contributed by atoms with Crippen LogP contribution >= 0.6 is 7.60 Å². The molecule has 0 aliphatic carbocycles. The second-order valence-corrected chi connectivity index (χ2v) is 6.74. The number of nitro groups is 1. The topological polar surface area (TPSA) is 97.1 Å². The molecule has 2 rings (SSSR count). The molecule has 1 aromatic carbocycles. The first-order valence-corrected chi connectivity index (χ1v) is 8.51. The van der Waals surface area contributed by atoms with Gasteiger partial charge in [0.15, 0.2) is 17.2 Å². The van der Waals surface area contributed by atoms with Gasteiger partial charge >= 0.3 is 7.60 Å². The molecule has 0 saturated carbocycles. The van der Waals surface area contributed by atoms with Crippen molar-refractivity contribution in [3.63, 3.8) is 0 Å². The van der Waals surface area contributed by atoms with Crippen LogP contribution in [0, 0.1) is 10.1 Å². The van der Waals surface area contributed by atoms with Crippen molar-refractivity contribution in [2.24, 2.45) is 0 Å². The average Bonchev–Trinajstić information content (AvgIpc) is 2.92. The van der Waals surface area contributed by atoms with Crippen LogP contribution in [0.5, 0.6) is 11.5 Å². The summed E-state index contributed by atoms with van der Waals surface area (Å²) in [5.41, 5.74) is -0.539. The van der Waals surface area contributed by atoms with Crippen molar-refractivity contribution in [1.29, 1.82) is 0 Å². The van der Waals surface area contributed by atoms with Crippen molar-refractivity contribution in [2.75, 3.05) is 26.6 Å². The SMILES string of the molecule is CCOP(=O)(OCC)C(C[N+](=O)[O-])c1ccc2c(c1)OCO2. The Morgan fingerprint density at radius 1 is 1.27 bits per heavy atom. The maximum absolute atomic E-state index is 12.9. The van der Waals surface area contributed by atoms with E-state index in [4.69, 9.17) is 18.5 Å². The lowest BCUT2D eigenvalue weighted by Crippen LogP contribution is -2.16. The van der Waals surface area contributed by atoms with Gasteiger partial charge in [-0.05, 0) is 31.5 Å². The molecule has 0 amide bonds. The Morgan fingerprint density at radius 3 is 2.50 bits per heavy atom. The van der Waals surface area contributed by atoms with E-state index in [0.29, 0.717) is 17.1 Å². The molecule has 0 aromatic heterocycles. The molecule has 0 saturated heterocycles. The van der Waals surface area contributed by atoms with Gasteiger partial charge in [-0.3, -0.25) is 14.7 Å². The first kappa shape index (κ1) is 16.7. The molecule has 1 heterocycles. The molecule has 0 fully saturated rings. The highest BCUT2D eigenvalue weighted by atomic mass is 31.2. The summed E-state index contributed by atoms with van der Waals surface area (Å²) in [7, 11) is -3.67. The molecule has 1 atom stereocenters. The van der Waals surface area contributed by atoms with Crippen LogP contribution in [0.3, 0.4) is 0 Å². The highest BCUT2D eigenvalue weighted by Gasteiger charge is 2.41. The van der Waals surface area contributed by atoms with Gasteiger partial charge in [0.1, 0.15) is 0 Å². The lowest BCUT2D eigenvalue weighted by atomic mass is 10.1. The monoisotopic (exact) mass is 331 g/mol. The molecule has 1 unspecified atom stereocenters. The summed E-state index contributed by atoms with van der Waals surface area (Å²) >= 11 is 0. The molecule has 0 spiro atoms. The third-order valence-corrected chi connectivity index (χ3v) is 5.56. The van der Waals surface area contributed by atoms with Gasteiger partial charge in [-0.2, -0.15) is 0 Å². The number of fused-ring (bicyclic) bond motifs is 1. The van der Waals surface area contributed by atoms with E-state index in [1.54, 1.807) is 32.0 Å². The zero-order valence-corrected chi connectivity index (χ0v) is 13.3. The number of hydrogen-bond acceptors (Lipinski definition) is 7. The van der Waals surface area contributed by atoms with E-state index in [1.807, 2.05) is 0 Å². The Balaban J connectivity index is 2.40. The molecule has 122 valence electrons. The second-order valence-electron chi connectivity index (χ2n) is 4.52. The highest BCUT2D eigenvalue weighted by Crippen LogP contribution is 2.61. The van der Waals surface area contributed by atoms with Crippen LogP contribution in [0.2, 0.25) is 0 Å². The van der Waals surface area contributed by atoms with Gasteiger partial charge < -0.3 is 18.5 Å². The number of nitrogens with zero attached hydrogens (tertiary/aromatic N) is 1. The zero-order chi connectivity index (χ0) is 16.2. The average molecular weight is 331 g/mol. The number of ether oxygens (including phenoxy) is 2. The molecular formula is C13H18NO7P. The summed E-state index contributed by atoms with van der Waals surface area (Å²) in [6.45, 7) is 3.12. The Morgan fingerprint density at radius 2 is 1.91 bits per heavy atom. The van der Waals surface area contributed by atoms with Crippen molar-refractivity contribution in [1.82, 2.24) is 0 Å². The van der Waals surface area contributed by atoms with E-state index in [2.05, 4.69) is 0 Å². The van der Waals surface area contributed by atoms with Gasteiger partial charge in [-0.15, -0.1) is 0 Å². The number of hydrogen-bond donors (Lipinski definition) is 0. The van der Waals surface area contributed by atoms with Gasteiger partial charge in [-0.1, -0.05) is 6.07 Å². The van der Waals surface area contributed by atoms with E-state index in [9.17, 15) is 14.7 Å². The molecule has 22 heavy (non-hydrogen) atoms. The van der Waals surface area contributed by atoms with E-state index >= 15 is 0 Å². The Hall–Kier alpha value is -1.63. The quantitative estimate of drug-likeness (QED) is 0.410. The standard InChI is InChI=1S/C13H18NO7P/c1-3-20-22(17,21-4-2)13(8-14(15)16)10-5-6-11-12(7-10)19-9-18-11/h5-7,13H,3-4,8-9H2,1-2H3. The fourth-order valence-corrected chi connectivity index (χ4v) is 4.24. The highest BCUT2D eigenvalue weighted by molar-refractivity contribution is 7.54. The number of benzene rings is 1. The van der Waals surface area contributed by atoms with Crippen LogP contribution in [0.1, 0.15) is 25.1 Å². The molecule has 1 aliphatic heterocycles. The van der Waals surface area contributed by atoms with Crippen LogP contribution in [-0.2, 0) is 13.6 Å². The van der Waals surface area contributed by atoms with Gasteiger partial charge in [0.2, 0.25) is 13.3 Å². The third kappa shape index (κ3) is 3.58. The van der Waals surface area contributed by atoms with Crippen molar-refractivity contribution in [3.05, 3.63) is 33.9 Å². The normalized spacial score (nSPS) is 14.8. The lowest BCUT2D eigenvalue weighted by molar-refractivity contribution is -0.480. The predicted octanol–water partition coefficient (Wildman–Crippen LogP) is 3.00. The molecule has 8 nitrogen and oxygen atoms in total. The van der Waals surface area contributed by atoms with Gasteiger partial charge in [0.25, 0.3) is 0 Å². The van der Waals surface area contributed by atoms with Gasteiger partial charge in [0.05, 0.1) is 13.2 Å². The molecule has 1 aromatic rings. The molecule has 1 aliphatic rings. The predicted molar refractivity (Wildman–Crippen MR) is 78.0 cm³/mol. The van der Waals surface area contributed by atoms with Crippen LogP contribution in [0.4, 0.5) is 0 Å². The zero-order valence-electron chi connectivity index (χ0n) is 12.4. The summed E-state index contributed by atoms with van der Waals surface area (Å²) in [6.07, 6.45) is 0. The first-order valence-electron chi connectivity index (χ1n) is 6.90. The van der Waals surface area contributed by atoms with Crippen LogP contribution in [-0.4, -0.2) is 31.5 Å². The van der Waals surface area contributed by atoms with Gasteiger partial charge in [-0.25, -0.2) is 0 Å². The van der Waals surface area contributed by atoms with E-state index in [1.165, 1.54) is 0 Å². The minimum Gasteiger partial charge on any atom is -0.454 e. The molecule has 0 radical (unpaired) electrons. The fraction of sp³-hybridized carbons (Fsp3) is 0.538. The minimum absolute atomic E-state index is 0.0905. The maximum Gasteiger partial charge on any atom is 0.344 e. The van der Waals surface area contributed by atoms with Crippen molar-refractivity contribution < 1.29 is 28.0 Å². The summed E-state index contributed by atoms with van der Waals surface area (Å²) in [4.78, 5) is 10.5. The van der Waals surface area contributed by atoms with Gasteiger partial charge in [0, 0.05) is 4.92 Å². The minimum atomic E-state index is -3.67. The molecule has 0 N–H and O–H groups in total. The van der Waals surface area contributed by atoms with Crippen LogP contribution in [0.25, 0.3) is 0 Å². The molecular weight excluding hydrogens is 313 g/mol. The van der Waals surface area contributed by atoms with Crippen molar-refractivity contribution in [2.45, 2.75) is 19.5 Å². The Kier molecular flexibility index (Phi) is 5.39. The fourth-order valence-electron chi connectivity index (χ4n) is 2.23. The van der Waals surface area contributed by atoms with E-state index < -0.39 is 24.7 Å². The van der Waals surface area contributed by atoms with Crippen LogP contribution in [0.15, 0.2) is 18.2 Å². The Bertz CT molecular complexity index is 582. The smallest absolute Gasteiger partial charge is 0.344 e. The molecule has 0 bridgehead atoms. The van der Waals surface area contributed by atoms with Crippen molar-refractivity contribution >= 4 is 7.60 Å². The van der Waals surface area contributed by atoms with Crippen LogP contribution < -0.4 is 9.47 Å². The first-order chi connectivity index (χ1) is 10.5. The van der Waals surface area contributed by atoms with E-state index in [0.717, 1.165) is 0 Å². The lowest BCUT2D eigenvalue weighted by Gasteiger charge is -2.24. The molecule has 9 heteroatoms. The van der Waals surface area contributed by atoms with Crippen molar-refractivity contribution in [3.8, 4) is 11.5 Å².